The number of hydrogen-bond acceptors (Lipinski definition) is 2. The van der Waals surface area contributed by atoms with Crippen LogP contribution in [0.5, 0.6) is 0 Å². The van der Waals surface area contributed by atoms with Gasteiger partial charge in [-0.05, 0) is 59.3 Å². The molecule has 0 saturated heterocycles. The minimum atomic E-state index is -0.498. The molecule has 0 aromatic heterocycles. The molecule has 0 bridgehead atoms. The van der Waals surface area contributed by atoms with E-state index < -0.39 is 5.82 Å². The third kappa shape index (κ3) is 3.24. The van der Waals surface area contributed by atoms with Crippen LogP contribution in [0.1, 0.15) is 24.1 Å². The molecule has 0 aliphatic carbocycles. The summed E-state index contributed by atoms with van der Waals surface area (Å²) in [6.45, 7) is 1.98. The summed E-state index contributed by atoms with van der Waals surface area (Å²) in [5.74, 6) is -0.498. The van der Waals surface area contributed by atoms with Crippen molar-refractivity contribution in [3.8, 4) is 6.07 Å². The summed E-state index contributed by atoms with van der Waals surface area (Å²) in [5, 5.41) is 12.2. The Balaban J connectivity index is 2.24. The van der Waals surface area contributed by atoms with E-state index in [2.05, 4.69) is 27.9 Å². The second-order valence-electron chi connectivity index (χ2n) is 4.19. The lowest BCUT2D eigenvalue weighted by molar-refractivity contribution is 0.624. The highest BCUT2D eigenvalue weighted by Crippen LogP contribution is 2.24. The van der Waals surface area contributed by atoms with Crippen LogP contribution in [0.3, 0.4) is 0 Å². The maximum Gasteiger partial charge on any atom is 0.143 e. The van der Waals surface area contributed by atoms with Crippen molar-refractivity contribution in [3.05, 3.63) is 63.0 Å². The lowest BCUT2D eigenvalue weighted by Crippen LogP contribution is -2.08. The van der Waals surface area contributed by atoms with E-state index in [1.54, 1.807) is 12.1 Å². The Hall–Kier alpha value is -1.61. The van der Waals surface area contributed by atoms with Gasteiger partial charge in [-0.25, -0.2) is 4.39 Å². The Bertz CT molecular complexity index is 617. The van der Waals surface area contributed by atoms with Gasteiger partial charge in [0.15, 0.2) is 0 Å². The van der Waals surface area contributed by atoms with Crippen molar-refractivity contribution in [2.45, 2.75) is 13.0 Å². The SMILES string of the molecule is CC(Nc1cccc(F)c1C#N)c1ccc(I)cc1. The molecule has 96 valence electrons. The first-order valence-electron chi connectivity index (χ1n) is 5.82. The van der Waals surface area contributed by atoms with Gasteiger partial charge in [0.05, 0.1) is 5.69 Å². The summed E-state index contributed by atoms with van der Waals surface area (Å²) < 4.78 is 14.7. The first-order valence-corrected chi connectivity index (χ1v) is 6.90. The summed E-state index contributed by atoms with van der Waals surface area (Å²) >= 11 is 2.25. The molecule has 0 fully saturated rings. The van der Waals surface area contributed by atoms with E-state index in [9.17, 15) is 4.39 Å². The van der Waals surface area contributed by atoms with Crippen molar-refractivity contribution in [1.82, 2.24) is 0 Å². The Kier molecular flexibility index (Phi) is 4.38. The van der Waals surface area contributed by atoms with Gasteiger partial charge in [-0.3, -0.25) is 0 Å². The molecular formula is C15H12FIN2. The highest BCUT2D eigenvalue weighted by atomic mass is 127. The normalized spacial score (nSPS) is 11.7. The zero-order chi connectivity index (χ0) is 13.8. The standard InChI is InChI=1S/C15H12FIN2/c1-10(11-5-7-12(17)8-6-11)19-15-4-2-3-14(16)13(15)9-18/h2-8,10,19H,1H3. The lowest BCUT2D eigenvalue weighted by atomic mass is 10.1. The molecular weight excluding hydrogens is 354 g/mol. The molecule has 1 unspecified atom stereocenters. The van der Waals surface area contributed by atoms with Gasteiger partial charge in [0.2, 0.25) is 0 Å². The zero-order valence-electron chi connectivity index (χ0n) is 10.3. The molecule has 0 amide bonds. The van der Waals surface area contributed by atoms with E-state index in [-0.39, 0.29) is 11.6 Å². The molecule has 0 radical (unpaired) electrons. The van der Waals surface area contributed by atoms with Crippen LogP contribution in [-0.2, 0) is 0 Å². The van der Waals surface area contributed by atoms with E-state index in [1.165, 1.54) is 6.07 Å². The third-order valence-electron chi connectivity index (χ3n) is 2.87. The number of benzene rings is 2. The molecule has 19 heavy (non-hydrogen) atoms. The molecule has 0 spiro atoms. The van der Waals surface area contributed by atoms with Crippen LogP contribution < -0.4 is 5.32 Å². The summed E-state index contributed by atoms with van der Waals surface area (Å²) in [6, 6.07) is 14.6. The van der Waals surface area contributed by atoms with Crippen molar-refractivity contribution in [3.63, 3.8) is 0 Å². The van der Waals surface area contributed by atoms with Crippen molar-refractivity contribution in [2.24, 2.45) is 0 Å². The highest BCUT2D eigenvalue weighted by Gasteiger charge is 2.11. The molecule has 2 rings (SSSR count). The number of anilines is 1. The van der Waals surface area contributed by atoms with Gasteiger partial charge in [-0.1, -0.05) is 18.2 Å². The predicted octanol–water partition coefficient (Wildman–Crippen LogP) is 4.48. The van der Waals surface area contributed by atoms with E-state index in [1.807, 2.05) is 37.3 Å². The number of rotatable bonds is 3. The van der Waals surface area contributed by atoms with Crippen LogP contribution in [0.2, 0.25) is 0 Å². The summed E-state index contributed by atoms with van der Waals surface area (Å²) in [5.41, 5.74) is 1.67. The van der Waals surface area contributed by atoms with Gasteiger partial charge < -0.3 is 5.32 Å². The Morgan fingerprint density at radius 2 is 1.89 bits per heavy atom. The first kappa shape index (κ1) is 13.8. The van der Waals surface area contributed by atoms with Crippen LogP contribution in [-0.4, -0.2) is 0 Å². The zero-order valence-corrected chi connectivity index (χ0v) is 12.5. The summed E-state index contributed by atoms with van der Waals surface area (Å²) in [7, 11) is 0. The maximum absolute atomic E-state index is 13.5. The highest BCUT2D eigenvalue weighted by molar-refractivity contribution is 14.1. The van der Waals surface area contributed by atoms with Gasteiger partial charge in [-0.15, -0.1) is 0 Å². The van der Waals surface area contributed by atoms with E-state index in [0.29, 0.717) is 5.69 Å². The number of halogens is 2. The minimum Gasteiger partial charge on any atom is -0.377 e. The Labute approximate surface area is 125 Å². The number of nitrogens with one attached hydrogen (secondary N) is 1. The average Bonchev–Trinajstić information content (AvgIpc) is 2.39. The topological polar surface area (TPSA) is 35.8 Å². The fraction of sp³-hybridized carbons (Fsp3) is 0.133. The molecule has 4 heteroatoms. The predicted molar refractivity (Wildman–Crippen MR) is 82.3 cm³/mol. The molecule has 0 saturated carbocycles. The van der Waals surface area contributed by atoms with E-state index in [4.69, 9.17) is 5.26 Å². The quantitative estimate of drug-likeness (QED) is 0.814. The van der Waals surface area contributed by atoms with Crippen LogP contribution >= 0.6 is 22.6 Å². The van der Waals surface area contributed by atoms with Crippen LogP contribution in [0.15, 0.2) is 42.5 Å². The van der Waals surface area contributed by atoms with E-state index >= 15 is 0 Å². The number of nitriles is 1. The monoisotopic (exact) mass is 366 g/mol. The maximum atomic E-state index is 13.5. The van der Waals surface area contributed by atoms with Crippen LogP contribution in [0, 0.1) is 20.7 Å². The van der Waals surface area contributed by atoms with Crippen molar-refractivity contribution in [1.29, 1.82) is 5.26 Å². The first-order chi connectivity index (χ1) is 9.11. The molecule has 2 nitrogen and oxygen atoms in total. The average molecular weight is 366 g/mol. The Morgan fingerprint density at radius 1 is 1.21 bits per heavy atom. The third-order valence-corrected chi connectivity index (χ3v) is 3.59. The smallest absolute Gasteiger partial charge is 0.143 e. The minimum absolute atomic E-state index is 0.00546. The number of hydrogen-bond donors (Lipinski definition) is 1. The van der Waals surface area contributed by atoms with Crippen LogP contribution in [0.4, 0.5) is 10.1 Å². The molecule has 0 aliphatic rings. The Morgan fingerprint density at radius 3 is 2.53 bits per heavy atom. The second kappa shape index (κ2) is 6.02. The van der Waals surface area contributed by atoms with Gasteiger partial charge in [0.25, 0.3) is 0 Å². The van der Waals surface area contributed by atoms with Gasteiger partial charge in [-0.2, -0.15) is 5.26 Å². The molecule has 0 heterocycles. The summed E-state index contributed by atoms with van der Waals surface area (Å²) in [6.07, 6.45) is 0. The van der Waals surface area contributed by atoms with Gasteiger partial charge in [0, 0.05) is 9.61 Å². The number of nitrogens with zero attached hydrogens (tertiary/aromatic N) is 1. The van der Waals surface area contributed by atoms with Crippen LogP contribution in [0.25, 0.3) is 0 Å². The van der Waals surface area contributed by atoms with Gasteiger partial charge in [0.1, 0.15) is 17.4 Å². The van der Waals surface area contributed by atoms with E-state index in [0.717, 1.165) is 9.13 Å². The summed E-state index contributed by atoms with van der Waals surface area (Å²) in [4.78, 5) is 0. The molecule has 0 aliphatic heterocycles. The molecule has 1 N–H and O–H groups in total. The van der Waals surface area contributed by atoms with Crippen molar-refractivity contribution < 1.29 is 4.39 Å². The molecule has 2 aromatic rings. The fourth-order valence-electron chi connectivity index (χ4n) is 1.83. The second-order valence-corrected chi connectivity index (χ2v) is 5.44. The molecule has 2 aromatic carbocycles. The van der Waals surface area contributed by atoms with Crippen molar-refractivity contribution in [2.75, 3.05) is 5.32 Å². The fourth-order valence-corrected chi connectivity index (χ4v) is 2.19. The van der Waals surface area contributed by atoms with Crippen molar-refractivity contribution >= 4 is 28.3 Å². The largest absolute Gasteiger partial charge is 0.377 e. The lowest BCUT2D eigenvalue weighted by Gasteiger charge is -2.17. The molecule has 1 atom stereocenters. The van der Waals surface area contributed by atoms with Gasteiger partial charge >= 0.3 is 0 Å².